The maximum atomic E-state index is 11.9. The van der Waals surface area contributed by atoms with Crippen LogP contribution in [0.3, 0.4) is 0 Å². The molecular formula is C12H21N3O2. The molecule has 0 saturated carbocycles. The molecule has 0 bridgehead atoms. The first-order chi connectivity index (χ1) is 7.84. The van der Waals surface area contributed by atoms with Gasteiger partial charge in [0.15, 0.2) is 0 Å². The van der Waals surface area contributed by atoms with Gasteiger partial charge in [0.1, 0.15) is 5.69 Å². The van der Waals surface area contributed by atoms with Crippen molar-refractivity contribution in [2.75, 3.05) is 6.61 Å². The lowest BCUT2D eigenvalue weighted by Gasteiger charge is -2.30. The molecule has 5 nitrogen and oxygen atoms in total. The molecule has 1 unspecified atom stereocenters. The van der Waals surface area contributed by atoms with E-state index in [1.54, 1.807) is 24.0 Å². The van der Waals surface area contributed by atoms with Gasteiger partial charge in [-0.3, -0.25) is 9.48 Å². The minimum atomic E-state index is -0.195. The van der Waals surface area contributed by atoms with Crippen molar-refractivity contribution >= 4 is 5.91 Å². The number of carbonyl (C=O) groups excluding carboxylic acids is 1. The molecule has 0 aliphatic carbocycles. The average Bonchev–Trinajstić information content (AvgIpc) is 2.62. The highest BCUT2D eigenvalue weighted by molar-refractivity contribution is 5.92. The van der Waals surface area contributed by atoms with Gasteiger partial charge in [0, 0.05) is 25.9 Å². The van der Waals surface area contributed by atoms with Crippen LogP contribution in [0.25, 0.3) is 0 Å². The van der Waals surface area contributed by atoms with Crippen LogP contribution in [0.1, 0.15) is 37.7 Å². The zero-order chi connectivity index (χ0) is 13.1. The van der Waals surface area contributed by atoms with Crippen molar-refractivity contribution in [2.24, 2.45) is 12.5 Å². The Hall–Kier alpha value is -1.36. The van der Waals surface area contributed by atoms with Gasteiger partial charge >= 0.3 is 0 Å². The van der Waals surface area contributed by atoms with E-state index in [0.717, 1.165) is 0 Å². The molecule has 1 aromatic rings. The van der Waals surface area contributed by atoms with E-state index in [-0.39, 0.29) is 24.0 Å². The van der Waals surface area contributed by atoms with E-state index in [0.29, 0.717) is 12.1 Å². The second kappa shape index (κ2) is 5.31. The lowest BCUT2D eigenvalue weighted by molar-refractivity contribution is 0.0879. The SMILES string of the molecule is Cn1ccc(C(=O)NC(CCO)C(C)(C)C)n1. The number of nitrogens with zero attached hydrogens (tertiary/aromatic N) is 2. The molecule has 0 radical (unpaired) electrons. The molecule has 17 heavy (non-hydrogen) atoms. The molecule has 0 saturated heterocycles. The quantitative estimate of drug-likeness (QED) is 0.822. The highest BCUT2D eigenvalue weighted by Crippen LogP contribution is 2.21. The first kappa shape index (κ1) is 13.7. The molecular weight excluding hydrogens is 218 g/mol. The fourth-order valence-corrected chi connectivity index (χ4v) is 1.62. The Labute approximate surface area is 102 Å². The second-order valence-corrected chi connectivity index (χ2v) is 5.28. The lowest BCUT2D eigenvalue weighted by atomic mass is 9.85. The Balaban J connectivity index is 2.71. The van der Waals surface area contributed by atoms with E-state index in [2.05, 4.69) is 10.4 Å². The summed E-state index contributed by atoms with van der Waals surface area (Å²) in [5, 5.41) is 16.0. The van der Waals surface area contributed by atoms with Gasteiger partial charge in [0.2, 0.25) is 0 Å². The highest BCUT2D eigenvalue weighted by Gasteiger charge is 2.26. The number of carbonyl (C=O) groups is 1. The van der Waals surface area contributed by atoms with Gasteiger partial charge in [0.05, 0.1) is 0 Å². The van der Waals surface area contributed by atoms with Crippen LogP contribution in [0.5, 0.6) is 0 Å². The van der Waals surface area contributed by atoms with E-state index in [4.69, 9.17) is 5.11 Å². The fraction of sp³-hybridized carbons (Fsp3) is 0.667. The van der Waals surface area contributed by atoms with Crippen LogP contribution in [0, 0.1) is 5.41 Å². The molecule has 0 aliphatic rings. The third kappa shape index (κ3) is 3.85. The Morgan fingerprint density at radius 1 is 1.59 bits per heavy atom. The van der Waals surface area contributed by atoms with Crippen molar-refractivity contribution in [3.63, 3.8) is 0 Å². The summed E-state index contributed by atoms with van der Waals surface area (Å²) in [4.78, 5) is 11.9. The minimum absolute atomic E-state index is 0.0600. The van der Waals surface area contributed by atoms with Crippen LogP contribution in [-0.4, -0.2) is 33.4 Å². The predicted octanol–water partition coefficient (Wildman–Crippen LogP) is 0.947. The number of aliphatic hydroxyl groups excluding tert-OH is 1. The van der Waals surface area contributed by atoms with Crippen molar-refractivity contribution in [2.45, 2.75) is 33.2 Å². The third-order valence-electron chi connectivity index (χ3n) is 2.71. The normalized spacial score (nSPS) is 13.5. The van der Waals surface area contributed by atoms with Gasteiger partial charge in [0.25, 0.3) is 5.91 Å². The number of rotatable bonds is 4. The van der Waals surface area contributed by atoms with Crippen LogP contribution in [0.4, 0.5) is 0 Å². The van der Waals surface area contributed by atoms with Crippen LogP contribution in [0.2, 0.25) is 0 Å². The van der Waals surface area contributed by atoms with Crippen LogP contribution >= 0.6 is 0 Å². The molecule has 96 valence electrons. The van der Waals surface area contributed by atoms with Crippen LogP contribution in [-0.2, 0) is 7.05 Å². The summed E-state index contributed by atoms with van der Waals surface area (Å²) in [5.74, 6) is -0.195. The molecule has 0 spiro atoms. The van der Waals surface area contributed by atoms with E-state index in [9.17, 15) is 4.79 Å². The van der Waals surface area contributed by atoms with E-state index < -0.39 is 0 Å². The van der Waals surface area contributed by atoms with Gasteiger partial charge in [-0.25, -0.2) is 0 Å². The molecule has 0 fully saturated rings. The minimum Gasteiger partial charge on any atom is -0.396 e. The first-order valence-corrected chi connectivity index (χ1v) is 5.76. The standard InChI is InChI=1S/C12H21N3O2/c1-12(2,3)10(6-8-16)13-11(17)9-5-7-15(4)14-9/h5,7,10,16H,6,8H2,1-4H3,(H,13,17). The number of aliphatic hydroxyl groups is 1. The molecule has 2 N–H and O–H groups in total. The van der Waals surface area contributed by atoms with Gasteiger partial charge in [-0.15, -0.1) is 0 Å². The summed E-state index contributed by atoms with van der Waals surface area (Å²) in [5.41, 5.74) is 0.312. The van der Waals surface area contributed by atoms with E-state index in [1.807, 2.05) is 20.8 Å². The fourth-order valence-electron chi connectivity index (χ4n) is 1.62. The third-order valence-corrected chi connectivity index (χ3v) is 2.71. The van der Waals surface area contributed by atoms with Crippen molar-refractivity contribution in [1.29, 1.82) is 0 Å². The summed E-state index contributed by atoms with van der Waals surface area (Å²) >= 11 is 0. The zero-order valence-corrected chi connectivity index (χ0v) is 10.9. The Kier molecular flexibility index (Phi) is 4.28. The highest BCUT2D eigenvalue weighted by atomic mass is 16.3. The summed E-state index contributed by atoms with van der Waals surface area (Å²) in [6.45, 7) is 6.16. The molecule has 1 aromatic heterocycles. The average molecular weight is 239 g/mol. The van der Waals surface area contributed by atoms with Gasteiger partial charge in [-0.05, 0) is 17.9 Å². The van der Waals surface area contributed by atoms with Crippen LogP contribution < -0.4 is 5.32 Å². The van der Waals surface area contributed by atoms with Gasteiger partial charge in [-0.1, -0.05) is 20.8 Å². The van der Waals surface area contributed by atoms with Gasteiger partial charge in [-0.2, -0.15) is 5.10 Å². The number of nitrogens with one attached hydrogen (secondary N) is 1. The molecule has 0 aromatic carbocycles. The van der Waals surface area contributed by atoms with E-state index >= 15 is 0 Å². The lowest BCUT2D eigenvalue weighted by Crippen LogP contribution is -2.44. The van der Waals surface area contributed by atoms with Gasteiger partial charge < -0.3 is 10.4 Å². The smallest absolute Gasteiger partial charge is 0.272 e. The second-order valence-electron chi connectivity index (χ2n) is 5.28. The molecule has 1 heterocycles. The molecule has 5 heteroatoms. The van der Waals surface area contributed by atoms with Crippen molar-refractivity contribution in [1.82, 2.24) is 15.1 Å². The Bertz CT molecular complexity index is 379. The summed E-state index contributed by atoms with van der Waals surface area (Å²) in [6, 6.07) is 1.61. The summed E-state index contributed by atoms with van der Waals surface area (Å²) < 4.78 is 1.59. The molecule has 0 aliphatic heterocycles. The number of hydrogen-bond donors (Lipinski definition) is 2. The molecule has 1 atom stereocenters. The van der Waals surface area contributed by atoms with Crippen molar-refractivity contribution in [3.8, 4) is 0 Å². The topological polar surface area (TPSA) is 67.2 Å². The van der Waals surface area contributed by atoms with Crippen molar-refractivity contribution in [3.05, 3.63) is 18.0 Å². The maximum Gasteiger partial charge on any atom is 0.272 e. The maximum absolute atomic E-state index is 11.9. The van der Waals surface area contributed by atoms with Crippen LogP contribution in [0.15, 0.2) is 12.3 Å². The summed E-state index contributed by atoms with van der Waals surface area (Å²) in [7, 11) is 1.77. The van der Waals surface area contributed by atoms with Crippen molar-refractivity contribution < 1.29 is 9.90 Å². The Morgan fingerprint density at radius 2 is 2.24 bits per heavy atom. The van der Waals surface area contributed by atoms with E-state index in [1.165, 1.54) is 0 Å². The number of amides is 1. The number of aryl methyl sites for hydroxylation is 1. The number of aromatic nitrogens is 2. The number of hydrogen-bond acceptors (Lipinski definition) is 3. The monoisotopic (exact) mass is 239 g/mol. The largest absolute Gasteiger partial charge is 0.396 e. The Morgan fingerprint density at radius 3 is 2.65 bits per heavy atom. The summed E-state index contributed by atoms with van der Waals surface area (Å²) in [6.07, 6.45) is 2.27. The predicted molar refractivity (Wildman–Crippen MR) is 65.6 cm³/mol. The molecule has 1 amide bonds. The first-order valence-electron chi connectivity index (χ1n) is 5.76. The zero-order valence-electron chi connectivity index (χ0n) is 10.9. The molecule has 1 rings (SSSR count).